The molecular weight excluding hydrogens is 314 g/mol. The largest absolute Gasteiger partial charge is 0.354 e. The van der Waals surface area contributed by atoms with Gasteiger partial charge in [-0.2, -0.15) is 0 Å². The second-order valence-corrected chi connectivity index (χ2v) is 7.40. The van der Waals surface area contributed by atoms with Crippen molar-refractivity contribution in [3.8, 4) is 0 Å². The van der Waals surface area contributed by atoms with Gasteiger partial charge in [0, 0.05) is 32.1 Å². The molecule has 0 bridgehead atoms. The van der Waals surface area contributed by atoms with Crippen LogP contribution in [0.15, 0.2) is 0 Å². The van der Waals surface area contributed by atoms with E-state index in [0.29, 0.717) is 18.1 Å². The van der Waals surface area contributed by atoms with Crippen molar-refractivity contribution in [2.45, 2.75) is 45.6 Å². The van der Waals surface area contributed by atoms with Crippen LogP contribution in [0.1, 0.15) is 39.5 Å². The molecule has 8 heteroatoms. The van der Waals surface area contributed by atoms with Gasteiger partial charge in [0.1, 0.15) is 0 Å². The first-order valence-electron chi connectivity index (χ1n) is 8.24. The summed E-state index contributed by atoms with van der Waals surface area (Å²) in [6.45, 7) is 6.23. The van der Waals surface area contributed by atoms with Crippen LogP contribution in [0.5, 0.6) is 0 Å². The van der Waals surface area contributed by atoms with Crippen molar-refractivity contribution in [1.82, 2.24) is 15.5 Å². The van der Waals surface area contributed by atoms with Gasteiger partial charge in [-0.15, -0.1) is 10.2 Å². The molecule has 23 heavy (non-hydrogen) atoms. The van der Waals surface area contributed by atoms with Gasteiger partial charge in [-0.1, -0.05) is 11.3 Å². The highest BCUT2D eigenvalue weighted by Crippen LogP contribution is 2.32. The van der Waals surface area contributed by atoms with E-state index < -0.39 is 0 Å². The molecule has 1 aromatic rings. The molecule has 2 aliphatic rings. The Morgan fingerprint density at radius 1 is 1.26 bits per heavy atom. The predicted molar refractivity (Wildman–Crippen MR) is 89.7 cm³/mol. The van der Waals surface area contributed by atoms with Crippen LogP contribution in [-0.4, -0.2) is 47.7 Å². The SMILES string of the molecule is CC(C)NC(=O)[C@H]1CCCN(c2nnc(N3CCCC3=O)s2)C1. The molecule has 7 nitrogen and oxygen atoms in total. The van der Waals surface area contributed by atoms with Gasteiger partial charge in [0.15, 0.2) is 0 Å². The van der Waals surface area contributed by atoms with Gasteiger partial charge in [0.25, 0.3) is 0 Å². The summed E-state index contributed by atoms with van der Waals surface area (Å²) in [5, 5.41) is 12.9. The molecular formula is C15H23N5O2S. The molecule has 0 unspecified atom stereocenters. The van der Waals surface area contributed by atoms with Gasteiger partial charge in [-0.25, -0.2) is 0 Å². The number of amides is 2. The Labute approximate surface area is 140 Å². The fourth-order valence-electron chi connectivity index (χ4n) is 3.06. The van der Waals surface area contributed by atoms with E-state index in [1.165, 1.54) is 11.3 Å². The minimum atomic E-state index is -0.00748. The molecule has 0 radical (unpaired) electrons. The van der Waals surface area contributed by atoms with E-state index in [1.54, 1.807) is 4.90 Å². The molecule has 1 aromatic heterocycles. The average Bonchev–Trinajstić information content (AvgIpc) is 3.15. The molecule has 2 aliphatic heterocycles. The molecule has 0 saturated carbocycles. The Balaban J connectivity index is 1.66. The zero-order chi connectivity index (χ0) is 16.4. The van der Waals surface area contributed by atoms with Crippen molar-refractivity contribution in [1.29, 1.82) is 0 Å². The fourth-order valence-corrected chi connectivity index (χ4v) is 3.99. The summed E-state index contributed by atoms with van der Waals surface area (Å²) in [5.74, 6) is 0.233. The first-order chi connectivity index (χ1) is 11.0. The Kier molecular flexibility index (Phi) is 4.79. The maximum atomic E-state index is 12.2. The summed E-state index contributed by atoms with van der Waals surface area (Å²) < 4.78 is 0. The normalized spacial score (nSPS) is 22.0. The van der Waals surface area contributed by atoms with Gasteiger partial charge < -0.3 is 10.2 Å². The Morgan fingerprint density at radius 3 is 2.74 bits per heavy atom. The number of nitrogens with one attached hydrogen (secondary N) is 1. The summed E-state index contributed by atoms with van der Waals surface area (Å²) in [7, 11) is 0. The Morgan fingerprint density at radius 2 is 2.04 bits per heavy atom. The lowest BCUT2D eigenvalue weighted by Crippen LogP contribution is -2.44. The Hall–Kier alpha value is -1.70. The van der Waals surface area contributed by atoms with Crippen LogP contribution in [0, 0.1) is 5.92 Å². The van der Waals surface area contributed by atoms with E-state index in [9.17, 15) is 9.59 Å². The number of hydrogen-bond donors (Lipinski definition) is 1. The summed E-state index contributed by atoms with van der Waals surface area (Å²) in [6.07, 6.45) is 3.35. The molecule has 1 N–H and O–H groups in total. The monoisotopic (exact) mass is 337 g/mol. The van der Waals surface area contributed by atoms with Gasteiger partial charge in [-0.05, 0) is 33.1 Å². The van der Waals surface area contributed by atoms with E-state index in [-0.39, 0.29) is 23.8 Å². The molecule has 0 spiro atoms. The quantitative estimate of drug-likeness (QED) is 0.899. The molecule has 3 heterocycles. The third-order valence-electron chi connectivity index (χ3n) is 4.20. The molecule has 2 amide bonds. The van der Waals surface area contributed by atoms with Gasteiger partial charge in [0.2, 0.25) is 22.1 Å². The molecule has 3 rings (SSSR count). The highest BCUT2D eigenvalue weighted by molar-refractivity contribution is 7.19. The lowest BCUT2D eigenvalue weighted by Gasteiger charge is -2.31. The maximum absolute atomic E-state index is 12.2. The predicted octanol–water partition coefficient (Wildman–Crippen LogP) is 1.41. The summed E-state index contributed by atoms with van der Waals surface area (Å²) in [6, 6.07) is 0.159. The third kappa shape index (κ3) is 3.63. The average molecular weight is 337 g/mol. The number of carbonyl (C=O) groups excluding carboxylic acids is 2. The smallest absolute Gasteiger partial charge is 0.228 e. The highest BCUT2D eigenvalue weighted by Gasteiger charge is 2.30. The number of anilines is 2. The number of hydrogen-bond acceptors (Lipinski definition) is 6. The van der Waals surface area contributed by atoms with E-state index in [1.807, 2.05) is 13.8 Å². The van der Waals surface area contributed by atoms with Crippen LogP contribution in [0.25, 0.3) is 0 Å². The topological polar surface area (TPSA) is 78.4 Å². The van der Waals surface area contributed by atoms with Crippen molar-refractivity contribution in [2.75, 3.05) is 29.4 Å². The Bertz CT molecular complexity index is 588. The summed E-state index contributed by atoms with van der Waals surface area (Å²) in [5.41, 5.74) is 0. The number of rotatable bonds is 4. The van der Waals surface area contributed by atoms with Crippen molar-refractivity contribution >= 4 is 33.4 Å². The van der Waals surface area contributed by atoms with Gasteiger partial charge in [0.05, 0.1) is 5.92 Å². The fraction of sp³-hybridized carbons (Fsp3) is 0.733. The zero-order valence-electron chi connectivity index (χ0n) is 13.6. The lowest BCUT2D eigenvalue weighted by atomic mass is 9.97. The number of nitrogens with zero attached hydrogens (tertiary/aromatic N) is 4. The van der Waals surface area contributed by atoms with E-state index >= 15 is 0 Å². The van der Waals surface area contributed by atoms with Crippen LogP contribution >= 0.6 is 11.3 Å². The van der Waals surface area contributed by atoms with Crippen molar-refractivity contribution in [2.24, 2.45) is 5.92 Å². The van der Waals surface area contributed by atoms with Gasteiger partial charge >= 0.3 is 0 Å². The minimum Gasteiger partial charge on any atom is -0.354 e. The van der Waals surface area contributed by atoms with Crippen LogP contribution in [0.3, 0.4) is 0 Å². The molecule has 2 fully saturated rings. The second-order valence-electron chi connectivity index (χ2n) is 6.46. The van der Waals surface area contributed by atoms with Crippen molar-refractivity contribution in [3.05, 3.63) is 0 Å². The summed E-state index contributed by atoms with van der Waals surface area (Å²) >= 11 is 1.45. The van der Waals surface area contributed by atoms with E-state index in [0.717, 1.165) is 37.5 Å². The number of aromatic nitrogens is 2. The van der Waals surface area contributed by atoms with Crippen LogP contribution in [0.2, 0.25) is 0 Å². The van der Waals surface area contributed by atoms with Crippen LogP contribution in [0.4, 0.5) is 10.3 Å². The van der Waals surface area contributed by atoms with Crippen LogP contribution < -0.4 is 15.1 Å². The maximum Gasteiger partial charge on any atom is 0.228 e. The van der Waals surface area contributed by atoms with Crippen LogP contribution in [-0.2, 0) is 9.59 Å². The molecule has 126 valence electrons. The zero-order valence-corrected chi connectivity index (χ0v) is 14.4. The highest BCUT2D eigenvalue weighted by atomic mass is 32.1. The first kappa shape index (κ1) is 16.2. The second kappa shape index (κ2) is 6.82. The number of piperidine rings is 1. The van der Waals surface area contributed by atoms with Crippen molar-refractivity contribution in [3.63, 3.8) is 0 Å². The van der Waals surface area contributed by atoms with E-state index in [4.69, 9.17) is 0 Å². The number of carbonyl (C=O) groups is 2. The van der Waals surface area contributed by atoms with E-state index in [2.05, 4.69) is 20.4 Å². The molecule has 1 atom stereocenters. The molecule has 2 saturated heterocycles. The molecule has 0 aromatic carbocycles. The lowest BCUT2D eigenvalue weighted by molar-refractivity contribution is -0.125. The minimum absolute atomic E-state index is 0.00748. The van der Waals surface area contributed by atoms with Gasteiger partial charge in [-0.3, -0.25) is 14.5 Å². The first-order valence-corrected chi connectivity index (χ1v) is 9.05. The summed E-state index contributed by atoms with van der Waals surface area (Å²) in [4.78, 5) is 27.9. The van der Waals surface area contributed by atoms with Crippen molar-refractivity contribution < 1.29 is 9.59 Å². The molecule has 0 aliphatic carbocycles. The standard InChI is InChI=1S/C15H23N5O2S/c1-10(2)16-13(22)11-5-3-7-19(9-11)14-17-18-15(23-14)20-8-4-6-12(20)21/h10-11H,3-9H2,1-2H3,(H,16,22)/t11-/m0/s1. The third-order valence-corrected chi connectivity index (χ3v) is 5.21.